The number of pyridine rings is 1. The number of H-pyrrole nitrogens is 1. The lowest BCUT2D eigenvalue weighted by Gasteiger charge is -2.22. The van der Waals surface area contributed by atoms with Gasteiger partial charge in [-0.05, 0) is 44.1 Å². The van der Waals surface area contributed by atoms with Crippen LogP contribution in [0, 0.1) is 0 Å². The van der Waals surface area contributed by atoms with Gasteiger partial charge in [0.05, 0.1) is 5.69 Å². The molecule has 6 nitrogen and oxygen atoms in total. The number of hydrogen-bond acceptors (Lipinski definition) is 4. The molecule has 116 valence electrons. The molecule has 1 aliphatic rings. The molecule has 0 aliphatic carbocycles. The molecule has 2 aromatic heterocycles. The predicted octanol–water partition coefficient (Wildman–Crippen LogP) is 1.69. The summed E-state index contributed by atoms with van der Waals surface area (Å²) in [5.41, 5.74) is 2.19. The van der Waals surface area contributed by atoms with Crippen LogP contribution in [0.25, 0.3) is 11.3 Å². The van der Waals surface area contributed by atoms with Crippen molar-refractivity contribution in [3.63, 3.8) is 0 Å². The molecular formula is C16H21N5O. The Bertz CT molecular complexity index is 624. The molecule has 0 radical (unpaired) electrons. The van der Waals surface area contributed by atoms with Crippen LogP contribution in [0.3, 0.4) is 0 Å². The Balaban J connectivity index is 1.60. The molecule has 0 bridgehead atoms. The zero-order valence-electron chi connectivity index (χ0n) is 12.7. The fourth-order valence-corrected chi connectivity index (χ4v) is 2.96. The third-order valence-corrected chi connectivity index (χ3v) is 4.20. The number of aromatic amines is 1. The Labute approximate surface area is 129 Å². The number of carbonyl (C=O) groups is 1. The first kappa shape index (κ1) is 14.7. The minimum atomic E-state index is -0.101. The lowest BCUT2D eigenvalue weighted by Crippen LogP contribution is -2.40. The molecule has 1 amide bonds. The van der Waals surface area contributed by atoms with E-state index in [-0.39, 0.29) is 5.91 Å². The van der Waals surface area contributed by atoms with Crippen LogP contribution in [0.1, 0.15) is 30.3 Å². The maximum absolute atomic E-state index is 12.2. The van der Waals surface area contributed by atoms with E-state index >= 15 is 0 Å². The molecule has 6 heteroatoms. The van der Waals surface area contributed by atoms with Crippen LogP contribution >= 0.6 is 0 Å². The van der Waals surface area contributed by atoms with Crippen molar-refractivity contribution >= 4 is 5.91 Å². The monoisotopic (exact) mass is 299 g/mol. The Morgan fingerprint density at radius 2 is 2.27 bits per heavy atom. The molecule has 3 heterocycles. The summed E-state index contributed by atoms with van der Waals surface area (Å²) in [6.45, 7) is 5.02. The lowest BCUT2D eigenvalue weighted by molar-refractivity contribution is 0.0936. The summed E-state index contributed by atoms with van der Waals surface area (Å²) in [4.78, 5) is 18.6. The molecule has 1 fully saturated rings. The highest BCUT2D eigenvalue weighted by atomic mass is 16.1. The average molecular weight is 299 g/mol. The van der Waals surface area contributed by atoms with E-state index < -0.39 is 0 Å². The average Bonchev–Trinajstić information content (AvgIpc) is 3.22. The molecule has 2 aromatic rings. The Morgan fingerprint density at radius 3 is 3.05 bits per heavy atom. The number of carbonyl (C=O) groups excluding carboxylic acids is 1. The molecule has 0 saturated carbocycles. The first-order valence-electron chi connectivity index (χ1n) is 7.76. The largest absolute Gasteiger partial charge is 0.349 e. The number of nitrogens with one attached hydrogen (secondary N) is 2. The van der Waals surface area contributed by atoms with E-state index in [1.165, 1.54) is 6.42 Å². The number of hydrogen-bond donors (Lipinski definition) is 2. The van der Waals surface area contributed by atoms with Crippen LogP contribution < -0.4 is 5.32 Å². The van der Waals surface area contributed by atoms with Gasteiger partial charge in [0.15, 0.2) is 0 Å². The molecule has 0 unspecified atom stereocenters. The van der Waals surface area contributed by atoms with Crippen molar-refractivity contribution in [2.75, 3.05) is 19.6 Å². The molecule has 2 N–H and O–H groups in total. The van der Waals surface area contributed by atoms with Crippen LogP contribution in [-0.4, -0.2) is 51.7 Å². The van der Waals surface area contributed by atoms with E-state index in [0.29, 0.717) is 18.3 Å². The summed E-state index contributed by atoms with van der Waals surface area (Å²) in [6, 6.07) is 5.97. The molecular weight excluding hydrogens is 278 g/mol. The van der Waals surface area contributed by atoms with Gasteiger partial charge in [0, 0.05) is 30.5 Å². The highest BCUT2D eigenvalue weighted by Gasteiger charge is 2.23. The van der Waals surface area contributed by atoms with E-state index in [1.807, 2.05) is 12.1 Å². The highest BCUT2D eigenvalue weighted by Crippen LogP contribution is 2.17. The molecule has 22 heavy (non-hydrogen) atoms. The number of nitrogens with zero attached hydrogens (tertiary/aromatic N) is 3. The zero-order chi connectivity index (χ0) is 15.4. The number of rotatable bonds is 5. The summed E-state index contributed by atoms with van der Waals surface area (Å²) in [5, 5.41) is 10.0. The second kappa shape index (κ2) is 6.70. The Kier molecular flexibility index (Phi) is 4.48. The molecule has 0 spiro atoms. The summed E-state index contributed by atoms with van der Waals surface area (Å²) in [5.74, 6) is -0.101. The van der Waals surface area contributed by atoms with E-state index in [2.05, 4.69) is 32.3 Å². The van der Waals surface area contributed by atoms with Crippen molar-refractivity contribution in [2.24, 2.45) is 0 Å². The van der Waals surface area contributed by atoms with Gasteiger partial charge in [-0.1, -0.05) is 6.92 Å². The van der Waals surface area contributed by atoms with E-state index in [1.54, 1.807) is 18.5 Å². The van der Waals surface area contributed by atoms with Gasteiger partial charge in [-0.25, -0.2) is 0 Å². The molecule has 3 rings (SSSR count). The number of aromatic nitrogens is 3. The smallest absolute Gasteiger partial charge is 0.269 e. The third-order valence-electron chi connectivity index (χ3n) is 4.20. The highest BCUT2D eigenvalue weighted by molar-refractivity contribution is 5.93. The van der Waals surface area contributed by atoms with Gasteiger partial charge in [0.2, 0.25) is 0 Å². The van der Waals surface area contributed by atoms with Gasteiger partial charge in [-0.3, -0.25) is 19.8 Å². The maximum Gasteiger partial charge on any atom is 0.269 e. The van der Waals surface area contributed by atoms with Crippen molar-refractivity contribution in [1.82, 2.24) is 25.4 Å². The fraction of sp³-hybridized carbons (Fsp3) is 0.438. The molecule has 0 aromatic carbocycles. The first-order chi connectivity index (χ1) is 10.8. The van der Waals surface area contributed by atoms with Gasteiger partial charge in [0.25, 0.3) is 5.91 Å². The summed E-state index contributed by atoms with van der Waals surface area (Å²) < 4.78 is 0. The minimum absolute atomic E-state index is 0.101. The van der Waals surface area contributed by atoms with Gasteiger partial charge >= 0.3 is 0 Å². The quantitative estimate of drug-likeness (QED) is 0.881. The predicted molar refractivity (Wildman–Crippen MR) is 84.4 cm³/mol. The lowest BCUT2D eigenvalue weighted by atomic mass is 10.2. The maximum atomic E-state index is 12.2. The van der Waals surface area contributed by atoms with Crippen molar-refractivity contribution in [3.8, 4) is 11.3 Å². The summed E-state index contributed by atoms with van der Waals surface area (Å²) >= 11 is 0. The van der Waals surface area contributed by atoms with Crippen LogP contribution in [-0.2, 0) is 0 Å². The zero-order valence-corrected chi connectivity index (χ0v) is 12.7. The second-order valence-corrected chi connectivity index (χ2v) is 5.54. The summed E-state index contributed by atoms with van der Waals surface area (Å²) in [6.07, 6.45) is 5.79. The van der Waals surface area contributed by atoms with E-state index in [4.69, 9.17) is 0 Å². The van der Waals surface area contributed by atoms with E-state index in [9.17, 15) is 4.79 Å². The van der Waals surface area contributed by atoms with Gasteiger partial charge < -0.3 is 5.32 Å². The van der Waals surface area contributed by atoms with Crippen LogP contribution in [0.2, 0.25) is 0 Å². The van der Waals surface area contributed by atoms with Gasteiger partial charge in [0.1, 0.15) is 5.69 Å². The third kappa shape index (κ3) is 3.17. The molecule has 1 saturated heterocycles. The Morgan fingerprint density at radius 1 is 1.45 bits per heavy atom. The van der Waals surface area contributed by atoms with Crippen LogP contribution in [0.4, 0.5) is 0 Å². The van der Waals surface area contributed by atoms with Crippen molar-refractivity contribution in [3.05, 3.63) is 36.3 Å². The first-order valence-corrected chi connectivity index (χ1v) is 7.76. The van der Waals surface area contributed by atoms with Crippen molar-refractivity contribution in [1.29, 1.82) is 0 Å². The van der Waals surface area contributed by atoms with Crippen molar-refractivity contribution in [2.45, 2.75) is 25.8 Å². The normalized spacial score (nSPS) is 18.5. The molecule has 1 atom stereocenters. The van der Waals surface area contributed by atoms with E-state index in [0.717, 1.165) is 30.8 Å². The fourth-order valence-electron chi connectivity index (χ4n) is 2.96. The number of likely N-dealkylation sites (N-methyl/N-ethyl adjacent to an activating group) is 1. The standard InChI is InChI=1S/C16H21N5O/c1-2-21-9-3-4-13(21)11-18-16(22)15-10-14(19-20-15)12-5-7-17-8-6-12/h5-8,10,13H,2-4,9,11H2,1H3,(H,18,22)(H,19,20)/t13-/m0/s1. The second-order valence-electron chi connectivity index (χ2n) is 5.54. The Hall–Kier alpha value is -2.21. The van der Waals surface area contributed by atoms with Crippen LogP contribution in [0.5, 0.6) is 0 Å². The summed E-state index contributed by atoms with van der Waals surface area (Å²) in [7, 11) is 0. The minimum Gasteiger partial charge on any atom is -0.349 e. The van der Waals surface area contributed by atoms with Gasteiger partial charge in [-0.2, -0.15) is 5.10 Å². The SMILES string of the molecule is CCN1CCC[C@H]1CNC(=O)c1cc(-c2ccncc2)n[nH]1. The number of likely N-dealkylation sites (tertiary alicyclic amines) is 1. The van der Waals surface area contributed by atoms with Gasteiger partial charge in [-0.15, -0.1) is 0 Å². The topological polar surface area (TPSA) is 73.9 Å². The number of amides is 1. The van der Waals surface area contributed by atoms with Crippen LogP contribution in [0.15, 0.2) is 30.6 Å². The van der Waals surface area contributed by atoms with Crippen molar-refractivity contribution < 1.29 is 4.79 Å². The molecule has 1 aliphatic heterocycles.